The van der Waals surface area contributed by atoms with Gasteiger partial charge in [-0.05, 0) is 33.1 Å². The molecule has 0 aliphatic carbocycles. The van der Waals surface area contributed by atoms with Gasteiger partial charge in [-0.15, -0.1) is 0 Å². The second-order valence-electron chi connectivity index (χ2n) is 4.17. The first-order valence-corrected chi connectivity index (χ1v) is 4.77. The topological polar surface area (TPSA) is 74.6 Å². The Labute approximate surface area is 83.9 Å². The molecular weight excluding hydrogens is 184 g/mol. The van der Waals surface area contributed by atoms with E-state index in [1.165, 1.54) is 0 Å². The summed E-state index contributed by atoms with van der Waals surface area (Å²) in [6.45, 7) is 5.03. The van der Waals surface area contributed by atoms with Crippen molar-refractivity contribution < 1.29 is 19.8 Å². The summed E-state index contributed by atoms with van der Waals surface area (Å²) in [6, 6.07) is 0. The zero-order chi connectivity index (χ0) is 11.4. The third-order valence-corrected chi connectivity index (χ3v) is 2.54. The Hall–Kier alpha value is -1.06. The monoisotopic (exact) mass is 202 g/mol. The molecule has 1 atom stereocenters. The lowest BCUT2D eigenvalue weighted by Crippen LogP contribution is -2.25. The summed E-state index contributed by atoms with van der Waals surface area (Å²) in [5.41, 5.74) is -0.830. The number of rotatable bonds is 6. The van der Waals surface area contributed by atoms with Crippen LogP contribution in [0.3, 0.4) is 0 Å². The van der Waals surface area contributed by atoms with E-state index in [-0.39, 0.29) is 0 Å². The fourth-order valence-electron chi connectivity index (χ4n) is 1.14. The Bertz CT molecular complexity index is 220. The van der Waals surface area contributed by atoms with Crippen molar-refractivity contribution in [3.63, 3.8) is 0 Å². The van der Waals surface area contributed by atoms with E-state index in [0.717, 1.165) is 0 Å². The maximum absolute atomic E-state index is 10.7. The van der Waals surface area contributed by atoms with Gasteiger partial charge < -0.3 is 10.2 Å². The molecule has 0 aliphatic heterocycles. The molecule has 4 nitrogen and oxygen atoms in total. The van der Waals surface area contributed by atoms with E-state index in [9.17, 15) is 9.59 Å². The van der Waals surface area contributed by atoms with Gasteiger partial charge in [-0.3, -0.25) is 9.59 Å². The Balaban J connectivity index is 4.16. The zero-order valence-corrected chi connectivity index (χ0v) is 8.91. The Kier molecular flexibility index (Phi) is 4.60. The van der Waals surface area contributed by atoms with Crippen LogP contribution in [0.15, 0.2) is 0 Å². The number of hydrogen-bond donors (Lipinski definition) is 2. The van der Waals surface area contributed by atoms with Gasteiger partial charge in [-0.1, -0.05) is 6.92 Å². The normalized spacial score (nSPS) is 13.6. The highest BCUT2D eigenvalue weighted by Crippen LogP contribution is 2.26. The van der Waals surface area contributed by atoms with Gasteiger partial charge in [0.2, 0.25) is 0 Å². The minimum Gasteiger partial charge on any atom is -0.481 e. The maximum Gasteiger partial charge on any atom is 0.309 e. The van der Waals surface area contributed by atoms with E-state index < -0.39 is 23.3 Å². The van der Waals surface area contributed by atoms with Crippen LogP contribution in [0.2, 0.25) is 0 Å². The number of carboxylic acids is 2. The smallest absolute Gasteiger partial charge is 0.309 e. The van der Waals surface area contributed by atoms with Crippen molar-refractivity contribution in [3.8, 4) is 0 Å². The molecule has 82 valence electrons. The second-order valence-corrected chi connectivity index (χ2v) is 4.17. The molecule has 1 unspecified atom stereocenters. The molecule has 0 aromatic rings. The van der Waals surface area contributed by atoms with E-state index in [1.54, 1.807) is 20.8 Å². The van der Waals surface area contributed by atoms with Gasteiger partial charge in [0.15, 0.2) is 0 Å². The molecule has 0 bridgehead atoms. The van der Waals surface area contributed by atoms with Crippen LogP contribution >= 0.6 is 0 Å². The molecule has 0 spiro atoms. The average molecular weight is 202 g/mol. The number of carboxylic acid groups (broad SMARTS) is 2. The number of aliphatic carboxylic acids is 2. The first-order valence-electron chi connectivity index (χ1n) is 4.77. The molecule has 0 rings (SSSR count). The Morgan fingerprint density at radius 3 is 2.07 bits per heavy atom. The highest BCUT2D eigenvalue weighted by atomic mass is 16.4. The van der Waals surface area contributed by atoms with E-state index in [0.29, 0.717) is 19.3 Å². The Morgan fingerprint density at radius 2 is 1.79 bits per heavy atom. The summed E-state index contributed by atoms with van der Waals surface area (Å²) in [5, 5.41) is 17.6. The molecule has 0 heterocycles. The van der Waals surface area contributed by atoms with Gasteiger partial charge in [-0.2, -0.15) is 0 Å². The van der Waals surface area contributed by atoms with Crippen LogP contribution in [-0.2, 0) is 9.59 Å². The molecule has 0 aliphatic rings. The van der Waals surface area contributed by atoms with E-state index >= 15 is 0 Å². The highest BCUT2D eigenvalue weighted by molar-refractivity contribution is 5.74. The molecule has 0 amide bonds. The first-order chi connectivity index (χ1) is 6.31. The minimum atomic E-state index is -0.877. The standard InChI is InChI=1S/C10H18O4/c1-4-7(8(11)12)5-6-10(2,3)9(13)14/h7H,4-6H2,1-3H3,(H,11,12)(H,13,14). The maximum atomic E-state index is 10.7. The quantitative estimate of drug-likeness (QED) is 0.690. The van der Waals surface area contributed by atoms with Crippen molar-refractivity contribution in [2.75, 3.05) is 0 Å². The molecule has 0 aromatic carbocycles. The molecule has 0 radical (unpaired) electrons. The van der Waals surface area contributed by atoms with Crippen molar-refractivity contribution in [1.82, 2.24) is 0 Å². The number of hydrogen-bond acceptors (Lipinski definition) is 2. The van der Waals surface area contributed by atoms with Gasteiger partial charge in [0.25, 0.3) is 0 Å². The lowest BCUT2D eigenvalue weighted by molar-refractivity contribution is -0.149. The summed E-state index contributed by atoms with van der Waals surface area (Å²) < 4.78 is 0. The van der Waals surface area contributed by atoms with Crippen molar-refractivity contribution in [3.05, 3.63) is 0 Å². The highest BCUT2D eigenvalue weighted by Gasteiger charge is 2.28. The van der Waals surface area contributed by atoms with Crippen LogP contribution in [0.4, 0.5) is 0 Å². The molecule has 0 saturated heterocycles. The summed E-state index contributed by atoms with van der Waals surface area (Å²) >= 11 is 0. The van der Waals surface area contributed by atoms with E-state index in [2.05, 4.69) is 0 Å². The first kappa shape index (κ1) is 12.9. The van der Waals surface area contributed by atoms with Crippen LogP contribution < -0.4 is 0 Å². The lowest BCUT2D eigenvalue weighted by atomic mass is 9.84. The van der Waals surface area contributed by atoms with Crippen molar-refractivity contribution in [2.45, 2.75) is 40.0 Å². The van der Waals surface area contributed by atoms with Crippen LogP contribution in [0, 0.1) is 11.3 Å². The molecule has 0 aromatic heterocycles. The number of carbonyl (C=O) groups is 2. The molecule has 4 heteroatoms. The zero-order valence-electron chi connectivity index (χ0n) is 8.91. The SMILES string of the molecule is CCC(CCC(C)(C)C(=O)O)C(=O)O. The van der Waals surface area contributed by atoms with Gasteiger partial charge in [0, 0.05) is 0 Å². The average Bonchev–Trinajstić information content (AvgIpc) is 2.04. The molecule has 0 saturated carbocycles. The van der Waals surface area contributed by atoms with Gasteiger partial charge in [0.1, 0.15) is 0 Å². The van der Waals surface area contributed by atoms with Crippen molar-refractivity contribution >= 4 is 11.9 Å². The fraction of sp³-hybridized carbons (Fsp3) is 0.800. The van der Waals surface area contributed by atoms with E-state index in [1.807, 2.05) is 0 Å². The molecule has 2 N–H and O–H groups in total. The lowest BCUT2D eigenvalue weighted by Gasteiger charge is -2.20. The second kappa shape index (κ2) is 4.98. The Morgan fingerprint density at radius 1 is 1.29 bits per heavy atom. The summed E-state index contributed by atoms with van der Waals surface area (Å²) in [6.07, 6.45) is 1.36. The minimum absolute atomic E-state index is 0.396. The fourth-order valence-corrected chi connectivity index (χ4v) is 1.14. The van der Waals surface area contributed by atoms with Gasteiger partial charge in [-0.25, -0.2) is 0 Å². The van der Waals surface area contributed by atoms with Crippen LogP contribution in [0.25, 0.3) is 0 Å². The molecular formula is C10H18O4. The molecule has 14 heavy (non-hydrogen) atoms. The van der Waals surface area contributed by atoms with Crippen molar-refractivity contribution in [1.29, 1.82) is 0 Å². The summed E-state index contributed by atoms with van der Waals surface area (Å²) in [7, 11) is 0. The molecule has 0 fully saturated rings. The van der Waals surface area contributed by atoms with Gasteiger partial charge >= 0.3 is 11.9 Å². The van der Waals surface area contributed by atoms with Gasteiger partial charge in [0.05, 0.1) is 11.3 Å². The largest absolute Gasteiger partial charge is 0.481 e. The van der Waals surface area contributed by atoms with Crippen molar-refractivity contribution in [2.24, 2.45) is 11.3 Å². The van der Waals surface area contributed by atoms with Crippen LogP contribution in [0.1, 0.15) is 40.0 Å². The summed E-state index contributed by atoms with van der Waals surface area (Å²) in [4.78, 5) is 21.4. The summed E-state index contributed by atoms with van der Waals surface area (Å²) in [5.74, 6) is -2.14. The third kappa shape index (κ3) is 3.77. The van der Waals surface area contributed by atoms with Crippen LogP contribution in [-0.4, -0.2) is 22.2 Å². The predicted molar refractivity (Wildman–Crippen MR) is 52.1 cm³/mol. The predicted octanol–water partition coefficient (Wildman–Crippen LogP) is 1.99. The van der Waals surface area contributed by atoms with E-state index in [4.69, 9.17) is 10.2 Å². The van der Waals surface area contributed by atoms with Crippen LogP contribution in [0.5, 0.6) is 0 Å². The third-order valence-electron chi connectivity index (χ3n) is 2.54.